The van der Waals surface area contributed by atoms with Crippen molar-refractivity contribution in [2.24, 2.45) is 4.99 Å². The Kier molecular flexibility index (Phi) is 3.03. The zero-order valence-corrected chi connectivity index (χ0v) is 6.90. The smallest absolute Gasteiger partial charge is 0.0630 e. The third-order valence-corrected chi connectivity index (χ3v) is 1.44. The van der Waals surface area contributed by atoms with Gasteiger partial charge in [0.15, 0.2) is 0 Å². The predicted octanol–water partition coefficient (Wildman–Crippen LogP) is 2.91. The van der Waals surface area contributed by atoms with Crippen molar-refractivity contribution >= 4 is 11.9 Å². The highest BCUT2D eigenvalue weighted by Crippen LogP contribution is 2.11. The summed E-state index contributed by atoms with van der Waals surface area (Å²) in [7, 11) is 0. The first-order chi connectivity index (χ1) is 5.84. The van der Waals surface area contributed by atoms with Crippen molar-refractivity contribution in [1.29, 1.82) is 0 Å². The van der Waals surface area contributed by atoms with Gasteiger partial charge in [-0.1, -0.05) is 49.6 Å². The molecule has 0 amide bonds. The minimum atomic E-state index is 0.760. The normalized spacial score (nSPS) is 10.0. The molecule has 0 radical (unpaired) electrons. The van der Waals surface area contributed by atoms with Gasteiger partial charge < -0.3 is 0 Å². The van der Waals surface area contributed by atoms with E-state index in [1.54, 1.807) is 12.3 Å². The van der Waals surface area contributed by atoms with Gasteiger partial charge in [-0.25, -0.2) is 0 Å². The second-order valence-corrected chi connectivity index (χ2v) is 2.33. The maximum Gasteiger partial charge on any atom is 0.0630 e. The Hall–Kier alpha value is -1.63. The van der Waals surface area contributed by atoms with Crippen LogP contribution < -0.4 is 0 Å². The Bertz CT molecular complexity index is 296. The molecule has 0 fully saturated rings. The maximum absolute atomic E-state index is 4.08. The molecule has 0 N–H and O–H groups in total. The molecule has 1 heteroatoms. The number of benzene rings is 1. The van der Waals surface area contributed by atoms with E-state index >= 15 is 0 Å². The summed E-state index contributed by atoms with van der Waals surface area (Å²) in [5.41, 5.74) is 1.80. The van der Waals surface area contributed by atoms with E-state index in [0.29, 0.717) is 0 Å². The molecule has 0 saturated carbocycles. The van der Waals surface area contributed by atoms with Gasteiger partial charge in [0.25, 0.3) is 0 Å². The highest BCUT2D eigenvalue weighted by atomic mass is 14.7. The van der Waals surface area contributed by atoms with E-state index in [9.17, 15) is 0 Å². The molecule has 1 aromatic rings. The van der Waals surface area contributed by atoms with Gasteiger partial charge in [0.1, 0.15) is 0 Å². The fourth-order valence-electron chi connectivity index (χ4n) is 0.848. The summed E-state index contributed by atoms with van der Waals surface area (Å²) in [6.07, 6.45) is 3.27. The van der Waals surface area contributed by atoms with Gasteiger partial charge in [0.05, 0.1) is 5.70 Å². The Morgan fingerprint density at radius 1 is 1.25 bits per heavy atom. The van der Waals surface area contributed by atoms with Crippen molar-refractivity contribution in [3.8, 4) is 0 Å². The van der Waals surface area contributed by atoms with E-state index in [1.807, 2.05) is 30.3 Å². The Morgan fingerprint density at radius 2 is 1.92 bits per heavy atom. The van der Waals surface area contributed by atoms with Crippen molar-refractivity contribution in [3.63, 3.8) is 0 Å². The van der Waals surface area contributed by atoms with Gasteiger partial charge in [-0.15, -0.1) is 0 Å². The van der Waals surface area contributed by atoms with Crippen LogP contribution in [0.1, 0.15) is 5.56 Å². The number of allylic oxidation sites excluding steroid dienone is 1. The summed E-state index contributed by atoms with van der Waals surface area (Å²) in [6, 6.07) is 9.84. The molecule has 1 aromatic carbocycles. The summed E-state index contributed by atoms with van der Waals surface area (Å²) < 4.78 is 0. The van der Waals surface area contributed by atoms with Crippen LogP contribution in [0.2, 0.25) is 0 Å². The first-order valence-corrected chi connectivity index (χ1v) is 3.74. The summed E-state index contributed by atoms with van der Waals surface area (Å²) in [5, 5.41) is 0. The molecule has 0 bridgehead atoms. The number of rotatable bonds is 3. The SMILES string of the molecule is C=CC=NC(=C)c1ccccc1. The fourth-order valence-corrected chi connectivity index (χ4v) is 0.848. The molecule has 12 heavy (non-hydrogen) atoms. The summed E-state index contributed by atoms with van der Waals surface area (Å²) >= 11 is 0. The zero-order valence-electron chi connectivity index (χ0n) is 6.90. The molecule has 0 unspecified atom stereocenters. The maximum atomic E-state index is 4.08. The molecule has 1 rings (SSSR count). The number of hydrogen-bond acceptors (Lipinski definition) is 1. The molecule has 0 heterocycles. The van der Waals surface area contributed by atoms with Crippen molar-refractivity contribution in [2.45, 2.75) is 0 Å². The lowest BCUT2D eigenvalue weighted by molar-refractivity contribution is 1.53. The van der Waals surface area contributed by atoms with Crippen LogP contribution in [0, 0.1) is 0 Å². The fraction of sp³-hybridized carbons (Fsp3) is 0. The number of aliphatic imine (C=N–C) groups is 1. The van der Waals surface area contributed by atoms with Gasteiger partial charge in [0.2, 0.25) is 0 Å². The molecule has 1 nitrogen and oxygen atoms in total. The van der Waals surface area contributed by atoms with Crippen molar-refractivity contribution < 1.29 is 0 Å². The molecule has 0 atom stereocenters. The van der Waals surface area contributed by atoms with Crippen LogP contribution in [-0.2, 0) is 0 Å². The van der Waals surface area contributed by atoms with E-state index in [2.05, 4.69) is 18.2 Å². The minimum absolute atomic E-state index is 0.760. The van der Waals surface area contributed by atoms with Crippen LogP contribution in [-0.4, -0.2) is 6.21 Å². The van der Waals surface area contributed by atoms with Crippen LogP contribution in [0.5, 0.6) is 0 Å². The predicted molar refractivity (Wildman–Crippen MR) is 54.2 cm³/mol. The lowest BCUT2D eigenvalue weighted by Crippen LogP contribution is -1.77. The molecule has 0 aliphatic carbocycles. The minimum Gasteiger partial charge on any atom is -0.257 e. The Balaban J connectivity index is 2.79. The van der Waals surface area contributed by atoms with E-state index in [-0.39, 0.29) is 0 Å². The Labute approximate surface area is 72.8 Å². The van der Waals surface area contributed by atoms with Gasteiger partial charge in [-0.3, -0.25) is 4.99 Å². The Morgan fingerprint density at radius 3 is 2.50 bits per heavy atom. The number of nitrogens with zero attached hydrogens (tertiary/aromatic N) is 1. The summed E-state index contributed by atoms with van der Waals surface area (Å²) in [5.74, 6) is 0. The van der Waals surface area contributed by atoms with Crippen LogP contribution in [0.4, 0.5) is 0 Å². The molecule has 0 spiro atoms. The largest absolute Gasteiger partial charge is 0.257 e. The molecular formula is C11H11N. The van der Waals surface area contributed by atoms with Gasteiger partial charge >= 0.3 is 0 Å². The third-order valence-electron chi connectivity index (χ3n) is 1.44. The molecule has 60 valence electrons. The second-order valence-electron chi connectivity index (χ2n) is 2.33. The van der Waals surface area contributed by atoms with E-state index in [0.717, 1.165) is 11.3 Å². The monoisotopic (exact) mass is 157 g/mol. The second kappa shape index (κ2) is 4.29. The molecule has 0 saturated heterocycles. The lowest BCUT2D eigenvalue weighted by Gasteiger charge is -1.96. The summed E-state index contributed by atoms with van der Waals surface area (Å²) in [4.78, 5) is 4.08. The van der Waals surface area contributed by atoms with Crippen LogP contribution in [0.15, 0.2) is 54.6 Å². The van der Waals surface area contributed by atoms with E-state index in [4.69, 9.17) is 0 Å². The average molecular weight is 157 g/mol. The van der Waals surface area contributed by atoms with Crippen molar-refractivity contribution in [2.75, 3.05) is 0 Å². The highest BCUT2D eigenvalue weighted by Gasteiger charge is 1.91. The zero-order chi connectivity index (χ0) is 8.81. The lowest BCUT2D eigenvalue weighted by atomic mass is 10.2. The molecular weight excluding hydrogens is 146 g/mol. The highest BCUT2D eigenvalue weighted by molar-refractivity contribution is 5.78. The van der Waals surface area contributed by atoms with Crippen LogP contribution in [0.25, 0.3) is 5.70 Å². The van der Waals surface area contributed by atoms with Gasteiger partial charge in [-0.05, 0) is 5.56 Å². The van der Waals surface area contributed by atoms with E-state index in [1.165, 1.54) is 0 Å². The summed E-state index contributed by atoms with van der Waals surface area (Å²) in [6.45, 7) is 7.35. The number of hydrogen-bond donors (Lipinski definition) is 0. The standard InChI is InChI=1S/C11H11N/c1-3-9-12-10(2)11-7-5-4-6-8-11/h3-9H,1-2H2. The first kappa shape index (κ1) is 8.47. The van der Waals surface area contributed by atoms with Gasteiger partial charge in [0, 0.05) is 6.21 Å². The molecule has 0 aromatic heterocycles. The van der Waals surface area contributed by atoms with Crippen LogP contribution >= 0.6 is 0 Å². The average Bonchev–Trinajstić information content (AvgIpc) is 2.15. The molecule has 0 aliphatic rings. The third kappa shape index (κ3) is 2.20. The van der Waals surface area contributed by atoms with Crippen LogP contribution in [0.3, 0.4) is 0 Å². The van der Waals surface area contributed by atoms with Crippen molar-refractivity contribution in [1.82, 2.24) is 0 Å². The first-order valence-electron chi connectivity index (χ1n) is 3.74. The van der Waals surface area contributed by atoms with Gasteiger partial charge in [-0.2, -0.15) is 0 Å². The topological polar surface area (TPSA) is 12.4 Å². The quantitative estimate of drug-likeness (QED) is 0.598. The van der Waals surface area contributed by atoms with E-state index < -0.39 is 0 Å². The molecule has 0 aliphatic heterocycles. The van der Waals surface area contributed by atoms with Crippen molar-refractivity contribution in [3.05, 3.63) is 55.1 Å².